The third-order valence-electron chi connectivity index (χ3n) is 4.74. The van der Waals surface area contributed by atoms with Crippen LogP contribution >= 0.6 is 0 Å². The second-order valence-corrected chi connectivity index (χ2v) is 9.97. The van der Waals surface area contributed by atoms with Crippen molar-refractivity contribution in [2.75, 3.05) is 17.2 Å². The fourth-order valence-electron chi connectivity index (χ4n) is 3.27. The number of anilines is 1. The van der Waals surface area contributed by atoms with E-state index in [0.717, 1.165) is 23.2 Å². The van der Waals surface area contributed by atoms with Gasteiger partial charge in [-0.2, -0.15) is 0 Å². The molecule has 1 heterocycles. The number of para-hydroxylation sites is 1. The normalized spacial score (nSPS) is 14.3. The van der Waals surface area contributed by atoms with Gasteiger partial charge in [-0.25, -0.2) is 8.42 Å². The molecule has 0 N–H and O–H groups in total. The van der Waals surface area contributed by atoms with Crippen molar-refractivity contribution >= 4 is 21.4 Å². The Kier molecular flexibility index (Phi) is 4.93. The Morgan fingerprint density at radius 1 is 1.04 bits per heavy atom. The molecule has 0 atom stereocenters. The van der Waals surface area contributed by atoms with Crippen LogP contribution in [0.5, 0.6) is 0 Å². The van der Waals surface area contributed by atoms with Gasteiger partial charge in [0.05, 0.1) is 5.75 Å². The van der Waals surface area contributed by atoms with Crippen LogP contribution in [0.1, 0.15) is 37.5 Å². The highest BCUT2D eigenvalue weighted by Crippen LogP contribution is 2.28. The molecule has 0 unspecified atom stereocenters. The summed E-state index contributed by atoms with van der Waals surface area (Å²) in [6.07, 6.45) is 0.774. The maximum Gasteiger partial charge on any atom is 0.242 e. The maximum atomic E-state index is 12.5. The molecule has 0 saturated carbocycles. The molecule has 0 spiro atoms. The molecule has 1 amide bonds. The number of fused-ring (bicyclic) bond motifs is 1. The van der Waals surface area contributed by atoms with Gasteiger partial charge in [-0.1, -0.05) is 63.2 Å². The highest BCUT2D eigenvalue weighted by atomic mass is 32.2. The molecule has 0 aromatic heterocycles. The molecule has 1 aliphatic rings. The predicted octanol–water partition coefficient (Wildman–Crippen LogP) is 3.49. The summed E-state index contributed by atoms with van der Waals surface area (Å²) in [5, 5.41) is 0. The van der Waals surface area contributed by atoms with Gasteiger partial charge in [-0.05, 0) is 34.6 Å². The number of carbonyl (C=O) groups excluding carboxylic acids is 1. The van der Waals surface area contributed by atoms with Crippen molar-refractivity contribution in [2.24, 2.45) is 0 Å². The SMILES string of the molecule is CC(C)(C)c1ccc(CS(=O)(=O)CC(=O)N2CCc3ccccc32)cc1. The van der Waals surface area contributed by atoms with Crippen molar-refractivity contribution in [3.8, 4) is 0 Å². The van der Waals surface area contributed by atoms with Crippen LogP contribution in [0.15, 0.2) is 48.5 Å². The molecule has 0 aliphatic carbocycles. The molecule has 0 fully saturated rings. The summed E-state index contributed by atoms with van der Waals surface area (Å²) < 4.78 is 25.0. The minimum absolute atomic E-state index is 0.0243. The first-order chi connectivity index (χ1) is 12.2. The number of carbonyl (C=O) groups is 1. The van der Waals surface area contributed by atoms with Gasteiger partial charge in [-0.15, -0.1) is 0 Å². The van der Waals surface area contributed by atoms with Crippen molar-refractivity contribution in [1.82, 2.24) is 0 Å². The van der Waals surface area contributed by atoms with Gasteiger partial charge >= 0.3 is 0 Å². The predicted molar refractivity (Wildman–Crippen MR) is 105 cm³/mol. The summed E-state index contributed by atoms with van der Waals surface area (Å²) in [6, 6.07) is 15.3. The minimum Gasteiger partial charge on any atom is -0.311 e. The Labute approximate surface area is 155 Å². The van der Waals surface area contributed by atoms with Crippen LogP contribution < -0.4 is 4.90 Å². The zero-order chi connectivity index (χ0) is 18.9. The second-order valence-electron chi connectivity index (χ2n) is 7.90. The first kappa shape index (κ1) is 18.6. The molecule has 4 nitrogen and oxygen atoms in total. The van der Waals surface area contributed by atoms with Gasteiger partial charge in [0, 0.05) is 12.2 Å². The average molecular weight is 372 g/mol. The van der Waals surface area contributed by atoms with Crippen LogP contribution in [0.3, 0.4) is 0 Å². The van der Waals surface area contributed by atoms with Crippen molar-refractivity contribution in [2.45, 2.75) is 38.4 Å². The molecule has 138 valence electrons. The lowest BCUT2D eigenvalue weighted by molar-refractivity contribution is -0.116. The van der Waals surface area contributed by atoms with E-state index in [1.54, 1.807) is 4.90 Å². The summed E-state index contributed by atoms with van der Waals surface area (Å²) in [6.45, 7) is 6.90. The molecule has 0 bridgehead atoms. The number of hydrogen-bond acceptors (Lipinski definition) is 3. The number of benzene rings is 2. The molecule has 0 saturated heterocycles. The van der Waals surface area contributed by atoms with Crippen LogP contribution in [-0.4, -0.2) is 26.6 Å². The van der Waals surface area contributed by atoms with Crippen molar-refractivity contribution in [3.63, 3.8) is 0 Å². The number of rotatable bonds is 4. The Balaban J connectivity index is 1.69. The molecular weight excluding hydrogens is 346 g/mol. The Hall–Kier alpha value is -2.14. The van der Waals surface area contributed by atoms with Gasteiger partial charge in [0.15, 0.2) is 9.84 Å². The van der Waals surface area contributed by atoms with E-state index in [1.165, 1.54) is 0 Å². The zero-order valence-electron chi connectivity index (χ0n) is 15.5. The number of hydrogen-bond donors (Lipinski definition) is 0. The van der Waals surface area contributed by atoms with E-state index in [1.807, 2.05) is 48.5 Å². The highest BCUT2D eigenvalue weighted by molar-refractivity contribution is 7.91. The summed E-state index contributed by atoms with van der Waals surface area (Å²) in [5.41, 5.74) is 3.82. The van der Waals surface area contributed by atoms with Crippen LogP contribution in [0.4, 0.5) is 5.69 Å². The third kappa shape index (κ3) is 4.15. The average Bonchev–Trinajstić information content (AvgIpc) is 2.97. The van der Waals surface area contributed by atoms with Gasteiger partial charge < -0.3 is 4.90 Å². The quantitative estimate of drug-likeness (QED) is 0.827. The molecule has 3 rings (SSSR count). The first-order valence-corrected chi connectivity index (χ1v) is 10.7. The lowest BCUT2D eigenvalue weighted by Crippen LogP contribution is -2.34. The molecule has 2 aromatic carbocycles. The lowest BCUT2D eigenvalue weighted by atomic mass is 9.87. The van der Waals surface area contributed by atoms with Crippen LogP contribution in [0.25, 0.3) is 0 Å². The largest absolute Gasteiger partial charge is 0.311 e. The third-order valence-corrected chi connectivity index (χ3v) is 6.20. The fraction of sp³-hybridized carbons (Fsp3) is 0.381. The highest BCUT2D eigenvalue weighted by Gasteiger charge is 2.28. The first-order valence-electron chi connectivity index (χ1n) is 8.84. The van der Waals surface area contributed by atoms with Gasteiger partial charge in [0.25, 0.3) is 0 Å². The molecule has 0 radical (unpaired) electrons. The van der Waals surface area contributed by atoms with Gasteiger partial charge in [0.1, 0.15) is 5.75 Å². The summed E-state index contributed by atoms with van der Waals surface area (Å²) in [7, 11) is -3.51. The number of amides is 1. The second kappa shape index (κ2) is 6.88. The van der Waals surface area contributed by atoms with Crippen molar-refractivity contribution in [3.05, 3.63) is 65.2 Å². The van der Waals surface area contributed by atoms with E-state index in [2.05, 4.69) is 20.8 Å². The molecule has 1 aliphatic heterocycles. The zero-order valence-corrected chi connectivity index (χ0v) is 16.3. The topological polar surface area (TPSA) is 54.5 Å². The number of sulfone groups is 1. The maximum absolute atomic E-state index is 12.5. The Bertz CT molecular complexity index is 909. The monoisotopic (exact) mass is 371 g/mol. The van der Waals surface area contributed by atoms with Crippen LogP contribution in [0, 0.1) is 0 Å². The summed E-state index contributed by atoms with van der Waals surface area (Å²) >= 11 is 0. The molecular formula is C21H25NO3S. The summed E-state index contributed by atoms with van der Waals surface area (Å²) in [5.74, 6) is -0.915. The summed E-state index contributed by atoms with van der Waals surface area (Å²) in [4.78, 5) is 14.1. The van der Waals surface area contributed by atoms with E-state index >= 15 is 0 Å². The van der Waals surface area contributed by atoms with Crippen LogP contribution in [-0.2, 0) is 32.2 Å². The molecule has 2 aromatic rings. The van der Waals surface area contributed by atoms with E-state index in [0.29, 0.717) is 12.1 Å². The van der Waals surface area contributed by atoms with E-state index in [9.17, 15) is 13.2 Å². The van der Waals surface area contributed by atoms with Crippen molar-refractivity contribution < 1.29 is 13.2 Å². The lowest BCUT2D eigenvalue weighted by Gasteiger charge is -2.19. The fourth-order valence-corrected chi connectivity index (χ4v) is 4.60. The van der Waals surface area contributed by atoms with Crippen LogP contribution in [0.2, 0.25) is 0 Å². The van der Waals surface area contributed by atoms with E-state index in [4.69, 9.17) is 0 Å². The standard InChI is InChI=1S/C21H25NO3S/c1-21(2,3)18-10-8-16(9-11-18)14-26(24,25)15-20(23)22-13-12-17-6-4-5-7-19(17)22/h4-11H,12-15H2,1-3H3. The number of nitrogens with zero attached hydrogens (tertiary/aromatic N) is 1. The van der Waals surface area contributed by atoms with E-state index < -0.39 is 15.6 Å². The van der Waals surface area contributed by atoms with Gasteiger partial charge in [-0.3, -0.25) is 4.79 Å². The Morgan fingerprint density at radius 3 is 2.35 bits per heavy atom. The molecule has 5 heteroatoms. The molecule has 26 heavy (non-hydrogen) atoms. The minimum atomic E-state index is -3.51. The smallest absolute Gasteiger partial charge is 0.242 e. The Morgan fingerprint density at radius 2 is 1.69 bits per heavy atom. The van der Waals surface area contributed by atoms with Gasteiger partial charge in [0.2, 0.25) is 5.91 Å². The van der Waals surface area contributed by atoms with E-state index in [-0.39, 0.29) is 17.1 Å². The van der Waals surface area contributed by atoms with Crippen molar-refractivity contribution in [1.29, 1.82) is 0 Å².